The van der Waals surface area contributed by atoms with E-state index in [1.54, 1.807) is 30.3 Å². The van der Waals surface area contributed by atoms with E-state index >= 15 is 0 Å². The molecule has 0 aliphatic rings. The summed E-state index contributed by atoms with van der Waals surface area (Å²) in [7, 11) is 1.43. The second kappa shape index (κ2) is 15.8. The normalized spacial score (nSPS) is 13.6. The van der Waals surface area contributed by atoms with Crippen LogP contribution in [-0.4, -0.2) is 55.3 Å². The first-order valence-electron chi connectivity index (χ1n) is 14.4. The fourth-order valence-corrected chi connectivity index (χ4v) is 4.76. The lowest BCUT2D eigenvalue weighted by Crippen LogP contribution is -2.58. The second-order valence-corrected chi connectivity index (χ2v) is 11.1. The minimum absolute atomic E-state index is 0.0880. The molecule has 258 valence electrons. The number of hydrogen-bond acceptors (Lipinski definition) is 5. The molecular formula is C33H32F7N3O5. The number of ketones is 1. The molecule has 3 aromatic carbocycles. The summed E-state index contributed by atoms with van der Waals surface area (Å²) in [5, 5.41) is 5.54. The van der Waals surface area contributed by atoms with Crippen LogP contribution in [0.2, 0.25) is 0 Å². The maximum atomic E-state index is 14.7. The van der Waals surface area contributed by atoms with Crippen molar-refractivity contribution in [1.29, 1.82) is 0 Å². The smallest absolute Gasteiger partial charge is 0.405 e. The summed E-state index contributed by atoms with van der Waals surface area (Å²) in [6.45, 7) is 0.385. The summed E-state index contributed by atoms with van der Waals surface area (Å²) in [5.41, 5.74) is 0.684. The molecule has 3 rings (SSSR count). The molecule has 0 radical (unpaired) electrons. The summed E-state index contributed by atoms with van der Waals surface area (Å²) in [6, 6.07) is 12.7. The Hall–Kier alpha value is -4.95. The van der Waals surface area contributed by atoms with Crippen molar-refractivity contribution in [2.45, 2.75) is 50.4 Å². The van der Waals surface area contributed by atoms with Crippen LogP contribution >= 0.6 is 0 Å². The molecule has 0 fully saturated rings. The molecule has 0 bridgehead atoms. The molecular weight excluding hydrogens is 651 g/mol. The van der Waals surface area contributed by atoms with Crippen molar-refractivity contribution in [3.63, 3.8) is 0 Å². The van der Waals surface area contributed by atoms with Gasteiger partial charge in [0.2, 0.25) is 17.6 Å². The summed E-state index contributed by atoms with van der Waals surface area (Å²) in [6.07, 6.45) is -5.49. The number of ether oxygens (including phenoxy) is 1. The van der Waals surface area contributed by atoms with E-state index in [0.29, 0.717) is 17.4 Å². The van der Waals surface area contributed by atoms with Crippen LogP contribution in [0.15, 0.2) is 72.8 Å². The van der Waals surface area contributed by atoms with Crippen LogP contribution in [0.1, 0.15) is 48.9 Å². The number of alkyl halides is 5. The van der Waals surface area contributed by atoms with E-state index in [0.717, 1.165) is 17.4 Å². The van der Waals surface area contributed by atoms with Gasteiger partial charge in [-0.05, 0) is 46.9 Å². The maximum Gasteiger partial charge on any atom is 0.405 e. The number of benzene rings is 3. The number of methoxy groups -OCH3 is 1. The van der Waals surface area contributed by atoms with E-state index in [-0.39, 0.29) is 11.1 Å². The highest BCUT2D eigenvalue weighted by molar-refractivity contribution is 6.10. The molecule has 0 saturated carbocycles. The number of carbonyl (C=O) groups is 4. The molecule has 0 spiro atoms. The molecule has 0 saturated heterocycles. The van der Waals surface area contributed by atoms with Crippen LogP contribution in [0.4, 0.5) is 30.7 Å². The zero-order chi connectivity index (χ0) is 35.8. The Morgan fingerprint density at radius 2 is 1.35 bits per heavy atom. The predicted molar refractivity (Wildman–Crippen MR) is 159 cm³/mol. The lowest BCUT2D eigenvalue weighted by molar-refractivity contribution is -0.165. The molecule has 3 atom stereocenters. The van der Waals surface area contributed by atoms with E-state index in [9.17, 15) is 49.9 Å². The minimum Gasteiger partial charge on any atom is -0.497 e. The van der Waals surface area contributed by atoms with Gasteiger partial charge in [-0.1, -0.05) is 56.3 Å². The summed E-state index contributed by atoms with van der Waals surface area (Å²) in [4.78, 5) is 51.7. The van der Waals surface area contributed by atoms with Crippen LogP contribution in [0.3, 0.4) is 0 Å². The SMILES string of the molecule is COc1ccc(C(CC(=O)NC(C(=O)NC(C(=O)C(F)(F)C(=O)NCC(F)(F)F)C(C)C)c2ccccc2)c2cc(F)cc(F)c2)cc1. The molecule has 0 aliphatic heterocycles. The third-order valence-corrected chi connectivity index (χ3v) is 7.19. The molecule has 3 aromatic rings. The van der Waals surface area contributed by atoms with Crippen LogP contribution in [0.25, 0.3) is 0 Å². The third-order valence-electron chi connectivity index (χ3n) is 7.19. The summed E-state index contributed by atoms with van der Waals surface area (Å²) in [5.74, 6) is -15.0. The van der Waals surface area contributed by atoms with Gasteiger partial charge in [-0.15, -0.1) is 0 Å². The van der Waals surface area contributed by atoms with Crippen molar-refractivity contribution in [2.24, 2.45) is 5.92 Å². The van der Waals surface area contributed by atoms with Gasteiger partial charge >= 0.3 is 12.1 Å². The van der Waals surface area contributed by atoms with E-state index in [1.165, 1.54) is 45.2 Å². The average molecular weight is 684 g/mol. The van der Waals surface area contributed by atoms with Gasteiger partial charge in [0.05, 0.1) is 13.2 Å². The topological polar surface area (TPSA) is 114 Å². The largest absolute Gasteiger partial charge is 0.497 e. The Balaban J connectivity index is 1.90. The number of carbonyl (C=O) groups excluding carboxylic acids is 4. The standard InChI is InChI=1S/C33H32F7N3O5/c1-18(2)27(29(45)33(39,40)31(47)41-17-32(36,37)38)43-30(46)28(20-7-5-4-6-8-20)42-26(44)16-25(19-9-11-24(48-3)12-10-19)21-13-22(34)15-23(35)14-21/h4-15,18,25,27-28H,16-17H2,1-3H3,(H,41,47)(H,42,44)(H,43,46). The fourth-order valence-electron chi connectivity index (χ4n) is 4.76. The molecule has 0 heterocycles. The Labute approximate surface area is 271 Å². The van der Waals surface area contributed by atoms with E-state index in [1.807, 2.05) is 0 Å². The third kappa shape index (κ3) is 10.0. The van der Waals surface area contributed by atoms with Gasteiger partial charge in [-0.2, -0.15) is 22.0 Å². The first-order chi connectivity index (χ1) is 22.4. The quantitative estimate of drug-likeness (QED) is 0.156. The monoisotopic (exact) mass is 683 g/mol. The Bertz CT molecular complexity index is 1580. The molecule has 8 nitrogen and oxygen atoms in total. The minimum atomic E-state index is -5.03. The summed E-state index contributed by atoms with van der Waals surface area (Å²) < 4.78 is 100. The number of nitrogens with one attached hydrogen (secondary N) is 3. The van der Waals surface area contributed by atoms with Gasteiger partial charge in [0.25, 0.3) is 5.91 Å². The molecule has 15 heteroatoms. The number of amides is 3. The number of rotatable bonds is 14. The van der Waals surface area contributed by atoms with Gasteiger partial charge in [-0.25, -0.2) is 8.78 Å². The molecule has 3 unspecified atom stereocenters. The van der Waals surface area contributed by atoms with Gasteiger partial charge in [0.1, 0.15) is 30.0 Å². The lowest BCUT2D eigenvalue weighted by atomic mass is 9.87. The van der Waals surface area contributed by atoms with Gasteiger partial charge in [-0.3, -0.25) is 19.2 Å². The molecule has 0 aliphatic carbocycles. The molecule has 0 aromatic heterocycles. The average Bonchev–Trinajstić information content (AvgIpc) is 3.02. The van der Waals surface area contributed by atoms with Crippen molar-refractivity contribution >= 4 is 23.5 Å². The molecule has 48 heavy (non-hydrogen) atoms. The predicted octanol–water partition coefficient (Wildman–Crippen LogP) is 5.38. The number of Topliss-reactive ketones (excluding diaryl/α,β-unsaturated/α-hetero) is 1. The van der Waals surface area contributed by atoms with Crippen molar-refractivity contribution in [1.82, 2.24) is 16.0 Å². The molecule has 3 N–H and O–H groups in total. The maximum absolute atomic E-state index is 14.7. The van der Waals surface area contributed by atoms with Gasteiger partial charge in [0.15, 0.2) is 0 Å². The lowest BCUT2D eigenvalue weighted by Gasteiger charge is -2.28. The van der Waals surface area contributed by atoms with Crippen molar-refractivity contribution < 1.29 is 54.6 Å². The van der Waals surface area contributed by atoms with Gasteiger partial charge in [0, 0.05) is 18.4 Å². The Morgan fingerprint density at radius 1 is 0.771 bits per heavy atom. The van der Waals surface area contributed by atoms with Crippen LogP contribution in [-0.2, 0) is 19.2 Å². The summed E-state index contributed by atoms with van der Waals surface area (Å²) >= 11 is 0. The second-order valence-electron chi connectivity index (χ2n) is 11.1. The Kier molecular flexibility index (Phi) is 12.3. The van der Waals surface area contributed by atoms with Crippen LogP contribution in [0.5, 0.6) is 5.75 Å². The number of halogens is 7. The van der Waals surface area contributed by atoms with Crippen molar-refractivity contribution in [2.75, 3.05) is 13.7 Å². The first-order valence-corrected chi connectivity index (χ1v) is 14.4. The number of hydrogen-bond donors (Lipinski definition) is 3. The highest BCUT2D eigenvalue weighted by atomic mass is 19.4. The highest BCUT2D eigenvalue weighted by Crippen LogP contribution is 2.31. The van der Waals surface area contributed by atoms with Crippen molar-refractivity contribution in [3.8, 4) is 5.75 Å². The van der Waals surface area contributed by atoms with Crippen molar-refractivity contribution in [3.05, 3.63) is 101 Å². The van der Waals surface area contributed by atoms with E-state index < -0.39 is 84.1 Å². The zero-order valence-corrected chi connectivity index (χ0v) is 25.8. The van der Waals surface area contributed by atoms with Gasteiger partial charge < -0.3 is 20.7 Å². The van der Waals surface area contributed by atoms with Crippen LogP contribution in [0, 0.1) is 17.6 Å². The zero-order valence-electron chi connectivity index (χ0n) is 25.8. The molecule has 3 amide bonds. The fraction of sp³-hybridized carbons (Fsp3) is 0.333. The van der Waals surface area contributed by atoms with E-state index in [4.69, 9.17) is 4.74 Å². The van der Waals surface area contributed by atoms with E-state index in [2.05, 4.69) is 10.6 Å². The van der Waals surface area contributed by atoms with Crippen LogP contribution < -0.4 is 20.7 Å². The Morgan fingerprint density at radius 3 is 1.88 bits per heavy atom. The first kappa shape index (κ1) is 37.5. The highest BCUT2D eigenvalue weighted by Gasteiger charge is 2.52.